The average molecular weight is 297 g/mol. The Bertz CT molecular complexity index is 557. The van der Waals surface area contributed by atoms with Gasteiger partial charge in [0.15, 0.2) is 11.6 Å². The average Bonchev–Trinajstić information content (AvgIpc) is 2.86. The molecule has 0 fully saturated rings. The van der Waals surface area contributed by atoms with E-state index < -0.39 is 11.6 Å². The van der Waals surface area contributed by atoms with Crippen molar-refractivity contribution in [1.82, 2.24) is 5.32 Å². The van der Waals surface area contributed by atoms with E-state index in [2.05, 4.69) is 12.2 Å². The summed E-state index contributed by atoms with van der Waals surface area (Å²) in [6, 6.07) is 7.32. The van der Waals surface area contributed by atoms with Crippen LogP contribution in [-0.4, -0.2) is 6.54 Å². The van der Waals surface area contributed by atoms with Crippen LogP contribution in [0.25, 0.3) is 0 Å². The van der Waals surface area contributed by atoms with Gasteiger partial charge in [-0.25, -0.2) is 8.78 Å². The molecule has 2 nitrogen and oxygen atoms in total. The van der Waals surface area contributed by atoms with E-state index in [1.54, 1.807) is 11.3 Å². The van der Waals surface area contributed by atoms with Gasteiger partial charge in [-0.1, -0.05) is 6.92 Å². The number of hydrogen-bond acceptors (Lipinski definition) is 3. The molecule has 0 radical (unpaired) electrons. The van der Waals surface area contributed by atoms with Crippen molar-refractivity contribution in [3.8, 4) is 5.75 Å². The van der Waals surface area contributed by atoms with E-state index in [0.29, 0.717) is 6.61 Å². The van der Waals surface area contributed by atoms with Gasteiger partial charge in [-0.05, 0) is 37.2 Å². The first-order valence-corrected chi connectivity index (χ1v) is 7.37. The predicted molar refractivity (Wildman–Crippen MR) is 77.0 cm³/mol. The zero-order valence-electron chi connectivity index (χ0n) is 11.3. The van der Waals surface area contributed by atoms with Gasteiger partial charge in [0.05, 0.1) is 0 Å². The smallest absolute Gasteiger partial charge is 0.167 e. The number of benzene rings is 1. The molecule has 0 spiro atoms. The van der Waals surface area contributed by atoms with Crippen molar-refractivity contribution in [2.24, 2.45) is 0 Å². The van der Waals surface area contributed by atoms with Gasteiger partial charge in [0.2, 0.25) is 0 Å². The van der Waals surface area contributed by atoms with E-state index in [1.165, 1.54) is 17.0 Å². The summed E-state index contributed by atoms with van der Waals surface area (Å²) in [6.45, 7) is 4.24. The lowest BCUT2D eigenvalue weighted by Gasteiger charge is -2.05. The van der Waals surface area contributed by atoms with Crippen LogP contribution >= 0.6 is 11.3 Å². The molecule has 108 valence electrons. The zero-order chi connectivity index (χ0) is 14.4. The van der Waals surface area contributed by atoms with Crippen LogP contribution < -0.4 is 10.1 Å². The van der Waals surface area contributed by atoms with Crippen molar-refractivity contribution in [2.45, 2.75) is 26.5 Å². The monoisotopic (exact) mass is 297 g/mol. The summed E-state index contributed by atoms with van der Waals surface area (Å²) >= 11 is 1.63. The summed E-state index contributed by atoms with van der Waals surface area (Å²) in [5.74, 6) is -1.20. The molecule has 1 heterocycles. The van der Waals surface area contributed by atoms with Crippen molar-refractivity contribution >= 4 is 11.3 Å². The Balaban J connectivity index is 1.87. The van der Waals surface area contributed by atoms with E-state index in [-0.39, 0.29) is 5.75 Å². The predicted octanol–water partition coefficient (Wildman–Crippen LogP) is 4.10. The maximum absolute atomic E-state index is 13.4. The standard InChI is InChI=1S/C15H17F2NOS/c1-2-7-18-9-12-4-5-13(20-12)10-19-15-6-3-11(16)8-14(15)17/h3-6,8,18H,2,7,9-10H2,1H3. The van der Waals surface area contributed by atoms with E-state index in [0.717, 1.165) is 30.5 Å². The first-order chi connectivity index (χ1) is 9.69. The number of rotatable bonds is 7. The lowest BCUT2D eigenvalue weighted by molar-refractivity contribution is 0.292. The molecular weight excluding hydrogens is 280 g/mol. The summed E-state index contributed by atoms with van der Waals surface area (Å²) < 4.78 is 31.5. The Morgan fingerprint density at radius 1 is 1.15 bits per heavy atom. The van der Waals surface area contributed by atoms with Gasteiger partial charge in [-0.2, -0.15) is 0 Å². The van der Waals surface area contributed by atoms with Crippen molar-refractivity contribution in [1.29, 1.82) is 0 Å². The fourth-order valence-electron chi connectivity index (χ4n) is 1.72. The Kier molecular flexibility index (Phi) is 5.49. The highest BCUT2D eigenvalue weighted by atomic mass is 32.1. The molecule has 0 saturated heterocycles. The molecule has 0 aliphatic carbocycles. The molecule has 0 saturated carbocycles. The second-order valence-electron chi connectivity index (χ2n) is 4.41. The van der Waals surface area contributed by atoms with Crippen molar-refractivity contribution < 1.29 is 13.5 Å². The topological polar surface area (TPSA) is 21.3 Å². The van der Waals surface area contributed by atoms with Gasteiger partial charge in [-0.3, -0.25) is 0 Å². The highest BCUT2D eigenvalue weighted by Crippen LogP contribution is 2.22. The third kappa shape index (κ3) is 4.28. The van der Waals surface area contributed by atoms with Gasteiger partial charge >= 0.3 is 0 Å². The molecule has 0 amide bonds. The minimum absolute atomic E-state index is 0.0745. The van der Waals surface area contributed by atoms with E-state index in [1.807, 2.05) is 12.1 Å². The largest absolute Gasteiger partial charge is 0.485 e. The number of ether oxygens (including phenoxy) is 1. The fourth-order valence-corrected chi connectivity index (χ4v) is 2.63. The van der Waals surface area contributed by atoms with Crippen LogP contribution in [0.15, 0.2) is 30.3 Å². The molecule has 1 aromatic heterocycles. The van der Waals surface area contributed by atoms with E-state index >= 15 is 0 Å². The second kappa shape index (κ2) is 7.36. The van der Waals surface area contributed by atoms with Gasteiger partial charge in [-0.15, -0.1) is 11.3 Å². The first kappa shape index (κ1) is 14.9. The summed E-state index contributed by atoms with van der Waals surface area (Å²) in [7, 11) is 0. The Morgan fingerprint density at radius 2 is 1.95 bits per heavy atom. The number of nitrogens with one attached hydrogen (secondary N) is 1. The van der Waals surface area contributed by atoms with Crippen molar-refractivity contribution in [3.63, 3.8) is 0 Å². The summed E-state index contributed by atoms with van der Waals surface area (Å²) in [5.41, 5.74) is 0. The van der Waals surface area contributed by atoms with Gasteiger partial charge in [0.25, 0.3) is 0 Å². The lowest BCUT2D eigenvalue weighted by atomic mass is 10.3. The highest BCUT2D eigenvalue weighted by Gasteiger charge is 2.06. The SMILES string of the molecule is CCCNCc1ccc(COc2ccc(F)cc2F)s1. The Hall–Kier alpha value is -1.46. The van der Waals surface area contributed by atoms with Crippen LogP contribution in [-0.2, 0) is 13.2 Å². The maximum Gasteiger partial charge on any atom is 0.167 e. The molecule has 0 bridgehead atoms. The maximum atomic E-state index is 13.4. The van der Waals surface area contributed by atoms with Gasteiger partial charge < -0.3 is 10.1 Å². The van der Waals surface area contributed by atoms with Crippen molar-refractivity contribution in [3.05, 3.63) is 51.7 Å². The normalized spacial score (nSPS) is 10.8. The van der Waals surface area contributed by atoms with E-state index in [4.69, 9.17) is 4.74 Å². The molecule has 2 rings (SSSR count). The van der Waals surface area contributed by atoms with Gasteiger partial charge in [0.1, 0.15) is 12.4 Å². The first-order valence-electron chi connectivity index (χ1n) is 6.55. The van der Waals surface area contributed by atoms with Crippen LogP contribution in [0, 0.1) is 11.6 Å². The minimum Gasteiger partial charge on any atom is -0.485 e. The Morgan fingerprint density at radius 3 is 2.70 bits per heavy atom. The van der Waals surface area contributed by atoms with Crippen LogP contribution in [0.4, 0.5) is 8.78 Å². The van der Waals surface area contributed by atoms with Crippen LogP contribution in [0.3, 0.4) is 0 Å². The molecular formula is C15H17F2NOS. The summed E-state index contributed by atoms with van der Waals surface area (Å²) in [4.78, 5) is 2.23. The Labute approximate surface area is 121 Å². The molecule has 5 heteroatoms. The number of halogens is 2. The molecule has 0 unspecified atom stereocenters. The summed E-state index contributed by atoms with van der Waals surface area (Å²) in [5, 5.41) is 3.32. The lowest BCUT2D eigenvalue weighted by Crippen LogP contribution is -2.12. The quantitative estimate of drug-likeness (QED) is 0.777. The number of thiophene rings is 1. The molecule has 1 N–H and O–H groups in total. The molecule has 0 atom stereocenters. The third-order valence-corrected chi connectivity index (χ3v) is 3.77. The van der Waals surface area contributed by atoms with Gasteiger partial charge in [0, 0.05) is 22.4 Å². The number of hydrogen-bond donors (Lipinski definition) is 1. The molecule has 20 heavy (non-hydrogen) atoms. The van der Waals surface area contributed by atoms with Crippen LogP contribution in [0.2, 0.25) is 0 Å². The highest BCUT2D eigenvalue weighted by molar-refractivity contribution is 7.11. The summed E-state index contributed by atoms with van der Waals surface area (Å²) in [6.07, 6.45) is 1.10. The fraction of sp³-hybridized carbons (Fsp3) is 0.333. The minimum atomic E-state index is -0.675. The molecule has 0 aliphatic heterocycles. The van der Waals surface area contributed by atoms with Crippen LogP contribution in [0.1, 0.15) is 23.1 Å². The zero-order valence-corrected chi connectivity index (χ0v) is 12.1. The molecule has 1 aromatic carbocycles. The second-order valence-corrected chi connectivity index (χ2v) is 5.66. The van der Waals surface area contributed by atoms with Crippen molar-refractivity contribution in [2.75, 3.05) is 6.54 Å². The molecule has 0 aliphatic rings. The molecule has 2 aromatic rings. The third-order valence-electron chi connectivity index (χ3n) is 2.71. The van der Waals surface area contributed by atoms with E-state index in [9.17, 15) is 8.78 Å². The van der Waals surface area contributed by atoms with Crippen LogP contribution in [0.5, 0.6) is 5.75 Å².